The van der Waals surface area contributed by atoms with E-state index in [1.807, 2.05) is 20.8 Å². The minimum Gasteiger partial charge on any atom is -0.507 e. The molecule has 40 heavy (non-hydrogen) atoms. The second kappa shape index (κ2) is 9.81. The number of rotatable bonds is 4. The molecule has 0 aliphatic heterocycles. The number of fused-ring (bicyclic) bond motifs is 3. The molecule has 216 valence electrons. The van der Waals surface area contributed by atoms with Gasteiger partial charge in [-0.1, -0.05) is 62.7 Å². The highest BCUT2D eigenvalue weighted by Gasteiger charge is 2.69. The van der Waals surface area contributed by atoms with Crippen LogP contribution in [0, 0.1) is 11.8 Å². The Morgan fingerprint density at radius 2 is 1.75 bits per heavy atom. The van der Waals surface area contributed by atoms with E-state index < -0.39 is 75.7 Å². The van der Waals surface area contributed by atoms with Crippen molar-refractivity contribution in [3.05, 3.63) is 44.5 Å². The van der Waals surface area contributed by atoms with Crippen LogP contribution in [0.2, 0.25) is 0 Å². The van der Waals surface area contributed by atoms with Gasteiger partial charge in [-0.15, -0.1) is 0 Å². The molecule has 1 aromatic rings. The van der Waals surface area contributed by atoms with E-state index in [9.17, 15) is 34.5 Å². The molecule has 0 bridgehead atoms. The molecule has 5 N–H and O–H groups in total. The number of likely N-dealkylation sites (N-methyl/N-ethyl adjacent to an activating group) is 1. The number of aliphatic hydroxyl groups is 2. The van der Waals surface area contributed by atoms with E-state index in [2.05, 4.69) is 15.9 Å². The van der Waals surface area contributed by atoms with E-state index in [-0.39, 0.29) is 27.8 Å². The first-order valence-corrected chi connectivity index (χ1v) is 13.9. The Morgan fingerprint density at radius 3 is 2.25 bits per heavy atom. The molecule has 1 saturated carbocycles. The van der Waals surface area contributed by atoms with Crippen LogP contribution in [0.3, 0.4) is 0 Å². The van der Waals surface area contributed by atoms with E-state index in [0.29, 0.717) is 11.1 Å². The molecule has 1 amide bonds. The van der Waals surface area contributed by atoms with Crippen molar-refractivity contribution < 1.29 is 39.2 Å². The lowest BCUT2D eigenvalue weighted by Gasteiger charge is -2.54. The number of esters is 1. The molecule has 4 rings (SSSR count). The minimum atomic E-state index is -2.90. The van der Waals surface area contributed by atoms with E-state index in [1.54, 1.807) is 45.0 Å². The van der Waals surface area contributed by atoms with Gasteiger partial charge in [0.25, 0.3) is 5.91 Å². The Kier molecular flexibility index (Phi) is 7.35. The zero-order valence-corrected chi connectivity index (χ0v) is 25.1. The van der Waals surface area contributed by atoms with Crippen molar-refractivity contribution in [3.63, 3.8) is 0 Å². The summed E-state index contributed by atoms with van der Waals surface area (Å²) in [5.41, 5.74) is 2.22. The zero-order valence-electron chi connectivity index (χ0n) is 23.5. The van der Waals surface area contributed by atoms with Crippen molar-refractivity contribution in [1.82, 2.24) is 4.90 Å². The van der Waals surface area contributed by atoms with Gasteiger partial charge in [-0.2, -0.15) is 0 Å². The van der Waals surface area contributed by atoms with Crippen molar-refractivity contribution >= 4 is 45.1 Å². The second-order valence-electron chi connectivity index (χ2n) is 12.0. The van der Waals surface area contributed by atoms with Gasteiger partial charge in [0, 0.05) is 28.0 Å². The number of hydrogen-bond acceptors (Lipinski definition) is 9. The van der Waals surface area contributed by atoms with Gasteiger partial charge in [-0.3, -0.25) is 19.2 Å². The number of aliphatic hydroxyl groups excluding tert-OH is 1. The van der Waals surface area contributed by atoms with E-state index in [4.69, 9.17) is 10.5 Å². The molecule has 0 heterocycles. The van der Waals surface area contributed by atoms with Gasteiger partial charge in [0.1, 0.15) is 17.6 Å². The van der Waals surface area contributed by atoms with E-state index in [0.717, 1.165) is 0 Å². The second-order valence-corrected chi connectivity index (χ2v) is 12.9. The van der Waals surface area contributed by atoms with E-state index >= 15 is 0 Å². The summed E-state index contributed by atoms with van der Waals surface area (Å²) in [6.07, 6.45) is -1.31. The molecule has 0 unspecified atom stereocenters. The molecule has 0 aromatic heterocycles. The number of phenolic OH excluding ortho intramolecular Hbond substituents is 1. The van der Waals surface area contributed by atoms with E-state index in [1.165, 1.54) is 0 Å². The summed E-state index contributed by atoms with van der Waals surface area (Å²) in [6, 6.07) is 2.54. The fourth-order valence-electron chi connectivity index (χ4n) is 6.53. The molecule has 1 aromatic carbocycles. The molecule has 3 aliphatic carbocycles. The molecule has 0 radical (unpaired) electrons. The van der Waals surface area contributed by atoms with Crippen molar-refractivity contribution in [2.75, 3.05) is 14.1 Å². The number of phenols is 1. The third-order valence-electron chi connectivity index (χ3n) is 8.42. The Hall–Kier alpha value is -3.02. The number of carbonyl (C=O) groups is 4. The lowest BCUT2D eigenvalue weighted by atomic mass is 9.54. The monoisotopic (exact) mass is 618 g/mol. The molecule has 6 atom stereocenters. The Balaban J connectivity index is 2.11. The Morgan fingerprint density at radius 1 is 1.15 bits per heavy atom. The van der Waals surface area contributed by atoms with Gasteiger partial charge in [0.2, 0.25) is 11.6 Å². The summed E-state index contributed by atoms with van der Waals surface area (Å²) in [7, 11) is 3.25. The number of Topliss-reactive ketones (excluding diaryl/α,β-unsaturated/α-hetero) is 2. The smallest absolute Gasteiger partial charge is 0.305 e. The van der Waals surface area contributed by atoms with Crippen LogP contribution >= 0.6 is 15.9 Å². The molecule has 0 saturated heterocycles. The molecular weight excluding hydrogens is 584 g/mol. The maximum Gasteiger partial charge on any atom is 0.305 e. The lowest BCUT2D eigenvalue weighted by molar-refractivity contribution is -0.185. The lowest BCUT2D eigenvalue weighted by Crippen LogP contribution is -2.71. The Bertz CT molecular complexity index is 1410. The number of nitrogens with zero attached hydrogens (tertiary/aromatic N) is 1. The van der Waals surface area contributed by atoms with Crippen molar-refractivity contribution in [3.8, 4) is 5.75 Å². The normalized spacial score (nSPS) is 30.2. The summed E-state index contributed by atoms with van der Waals surface area (Å²) in [4.78, 5) is 54.9. The molecule has 11 heteroatoms. The number of hydrogen-bond donors (Lipinski definition) is 4. The summed E-state index contributed by atoms with van der Waals surface area (Å²) in [5, 5.41) is 35.0. The number of benzene rings is 1. The number of primary amides is 1. The highest BCUT2D eigenvalue weighted by atomic mass is 79.9. The minimum absolute atomic E-state index is 0.0152. The summed E-state index contributed by atoms with van der Waals surface area (Å²) >= 11 is 3.32. The van der Waals surface area contributed by atoms with Gasteiger partial charge in [-0.05, 0) is 31.0 Å². The molecule has 3 aliphatic rings. The van der Waals surface area contributed by atoms with Crippen LogP contribution < -0.4 is 5.73 Å². The third-order valence-corrected chi connectivity index (χ3v) is 9.29. The standard InChI is InChI=1S/C29H35BrN2O8/c1-8-14(33)40-24-15-11(2)12-9-10-13(28(3,4)5)22(34)16(12)23(35)17(15)25(36)29(39)19(24)21(32(6)7)20(30)18(26(29)37)27(31)38/h9-11,15,19,21,24,34-35,39H,8H2,1-7H3,(H2,31,38)/t11-,15+,19+,21-,24-,29-/m1/s1. The first kappa shape index (κ1) is 30.0. The van der Waals surface area contributed by atoms with Crippen molar-refractivity contribution in [2.24, 2.45) is 17.6 Å². The number of ether oxygens (including phenoxy) is 1. The summed E-state index contributed by atoms with van der Waals surface area (Å²) in [5.74, 6) is -7.95. The first-order chi connectivity index (χ1) is 18.4. The molecule has 1 fully saturated rings. The zero-order chi connectivity index (χ0) is 30.2. The van der Waals surface area contributed by atoms with Crippen molar-refractivity contribution in [1.29, 1.82) is 0 Å². The molecular formula is C29H35BrN2O8. The topological polar surface area (TPSA) is 167 Å². The van der Waals surface area contributed by atoms with Gasteiger partial charge >= 0.3 is 5.97 Å². The number of aromatic hydroxyl groups is 1. The van der Waals surface area contributed by atoms with Crippen LogP contribution in [0.15, 0.2) is 27.8 Å². The summed E-state index contributed by atoms with van der Waals surface area (Å²) < 4.78 is 5.97. The summed E-state index contributed by atoms with van der Waals surface area (Å²) in [6.45, 7) is 8.99. The van der Waals surface area contributed by atoms with Crippen molar-refractivity contribution in [2.45, 2.75) is 70.1 Å². The number of amides is 1. The average molecular weight is 620 g/mol. The third kappa shape index (κ3) is 4.04. The number of nitrogens with two attached hydrogens (primary N) is 1. The first-order valence-electron chi connectivity index (χ1n) is 13.1. The van der Waals surface area contributed by atoms with Crippen LogP contribution in [-0.2, 0) is 29.3 Å². The predicted molar refractivity (Wildman–Crippen MR) is 150 cm³/mol. The maximum atomic E-state index is 14.3. The quantitative estimate of drug-likeness (QED) is 0.225. The number of ketones is 2. The molecule has 0 spiro atoms. The van der Waals surface area contributed by atoms with Gasteiger partial charge in [-0.25, -0.2) is 0 Å². The maximum absolute atomic E-state index is 14.3. The van der Waals surface area contributed by atoms with Crippen LogP contribution in [0.5, 0.6) is 5.75 Å². The Labute approximate surface area is 241 Å². The average Bonchev–Trinajstić information content (AvgIpc) is 2.84. The predicted octanol–water partition coefficient (Wildman–Crippen LogP) is 2.59. The highest BCUT2D eigenvalue weighted by molar-refractivity contribution is 9.11. The number of halogens is 1. The van der Waals surface area contributed by atoms with Gasteiger partial charge < -0.3 is 30.7 Å². The molecule has 10 nitrogen and oxygen atoms in total. The fraction of sp³-hybridized carbons (Fsp3) is 0.517. The van der Waals surface area contributed by atoms with Crippen LogP contribution in [0.25, 0.3) is 5.76 Å². The SMILES string of the molecule is CCC(=O)O[C@@H]1[C@@H]2C(=C(O)c3c(ccc(C(C)(C)C)c3O)[C@H]2C)C(=O)[C@@]2(O)C(=O)C(C(N)=O)=C(Br)[C@H](N(C)C)[C@@H]12. The van der Waals surface area contributed by atoms with Crippen LogP contribution in [0.1, 0.15) is 63.6 Å². The van der Waals surface area contributed by atoms with Gasteiger partial charge in [0.15, 0.2) is 5.60 Å². The highest BCUT2D eigenvalue weighted by Crippen LogP contribution is 2.57. The van der Waals surface area contributed by atoms with Crippen LogP contribution in [0.4, 0.5) is 0 Å². The van der Waals surface area contributed by atoms with Gasteiger partial charge in [0.05, 0.1) is 23.1 Å². The fourth-order valence-corrected chi connectivity index (χ4v) is 7.60. The largest absolute Gasteiger partial charge is 0.507 e. The van der Waals surface area contributed by atoms with Crippen LogP contribution in [-0.4, -0.2) is 75.5 Å². The number of carbonyl (C=O) groups excluding carboxylic acids is 4.